The highest BCUT2D eigenvalue weighted by molar-refractivity contribution is 7.47. The molecule has 0 radical (unpaired) electrons. The van der Waals surface area contributed by atoms with Gasteiger partial charge >= 0.3 is 19.8 Å². The molecule has 41 heavy (non-hydrogen) atoms. The SMILES string of the molecule is CC/C=C\C/C=C\C/C=C\C/C=C\C/C=C\CCCC(=O)OCC(O)COP(=O)(O)OCC(NC(=O)CC)C(=O)O. The van der Waals surface area contributed by atoms with Crippen LogP contribution in [-0.2, 0) is 32.7 Å². The molecule has 3 atom stereocenters. The van der Waals surface area contributed by atoms with Gasteiger partial charge in [0.2, 0.25) is 5.91 Å². The molecular formula is C29H46NO10P. The normalized spacial score (nSPS) is 15.2. The second-order valence-corrected chi connectivity index (χ2v) is 10.3. The Balaban J connectivity index is 3.97. The molecule has 11 nitrogen and oxygen atoms in total. The molecule has 0 spiro atoms. The summed E-state index contributed by atoms with van der Waals surface area (Å²) in [5.41, 5.74) is 0. The largest absolute Gasteiger partial charge is 0.480 e. The fraction of sp³-hybridized carbons (Fsp3) is 0.552. The third-order valence-electron chi connectivity index (χ3n) is 5.13. The first kappa shape index (κ1) is 38.2. The number of rotatable bonds is 24. The zero-order valence-electron chi connectivity index (χ0n) is 24.1. The zero-order chi connectivity index (χ0) is 30.8. The highest BCUT2D eigenvalue weighted by Crippen LogP contribution is 2.43. The summed E-state index contributed by atoms with van der Waals surface area (Å²) in [5.74, 6) is -2.57. The van der Waals surface area contributed by atoms with Crippen molar-refractivity contribution in [2.45, 2.75) is 83.8 Å². The summed E-state index contributed by atoms with van der Waals surface area (Å²) in [4.78, 5) is 43.9. The third kappa shape index (κ3) is 24.7. The molecule has 0 aliphatic rings. The van der Waals surface area contributed by atoms with Gasteiger partial charge in [-0.15, -0.1) is 0 Å². The molecule has 0 aromatic carbocycles. The molecule has 3 unspecified atom stereocenters. The van der Waals surface area contributed by atoms with Gasteiger partial charge < -0.3 is 25.2 Å². The van der Waals surface area contributed by atoms with Crippen molar-refractivity contribution in [1.82, 2.24) is 5.32 Å². The van der Waals surface area contributed by atoms with Crippen LogP contribution in [-0.4, -0.2) is 64.9 Å². The minimum Gasteiger partial charge on any atom is -0.480 e. The average molecular weight is 600 g/mol. The summed E-state index contributed by atoms with van der Waals surface area (Å²) in [5, 5.41) is 21.0. The van der Waals surface area contributed by atoms with Gasteiger partial charge in [0.1, 0.15) is 12.7 Å². The van der Waals surface area contributed by atoms with Crippen molar-refractivity contribution in [3.8, 4) is 0 Å². The second kappa shape index (κ2) is 24.9. The number of carbonyl (C=O) groups excluding carboxylic acids is 2. The molecule has 0 heterocycles. The molecule has 0 bridgehead atoms. The lowest BCUT2D eigenvalue weighted by atomic mass is 10.2. The van der Waals surface area contributed by atoms with Gasteiger partial charge in [-0.05, 0) is 44.9 Å². The van der Waals surface area contributed by atoms with Gasteiger partial charge in [-0.25, -0.2) is 9.36 Å². The van der Waals surface area contributed by atoms with E-state index in [1.807, 2.05) is 12.2 Å². The Hall–Kier alpha value is -2.82. The van der Waals surface area contributed by atoms with Crippen LogP contribution in [0.25, 0.3) is 0 Å². The van der Waals surface area contributed by atoms with Gasteiger partial charge in [-0.3, -0.25) is 18.6 Å². The van der Waals surface area contributed by atoms with Crippen LogP contribution in [0.1, 0.15) is 71.6 Å². The van der Waals surface area contributed by atoms with Gasteiger partial charge in [-0.2, -0.15) is 0 Å². The predicted molar refractivity (Wildman–Crippen MR) is 157 cm³/mol. The van der Waals surface area contributed by atoms with E-state index in [4.69, 9.17) is 9.84 Å². The van der Waals surface area contributed by atoms with E-state index < -0.39 is 57.6 Å². The Bertz CT molecular complexity index is 942. The summed E-state index contributed by atoms with van der Waals surface area (Å²) >= 11 is 0. The molecule has 12 heteroatoms. The standard InChI is InChI=1S/C29H46NO10P/c1-3-5-6-7-8-9-10-11-12-13-14-15-16-17-18-19-20-21-28(33)38-22-25(31)23-39-41(36,37)40-24-26(29(34)35)30-27(32)4-2/h5-6,8-9,11-12,14-15,17-18,25-26,31H,3-4,7,10,13,16,19-24H2,1-2H3,(H,30,32)(H,34,35)(H,36,37)/b6-5-,9-8-,12-11-,15-14-,18-17-. The number of carboxylic acids is 1. The maximum atomic E-state index is 11.9. The summed E-state index contributed by atoms with van der Waals surface area (Å²) < 4.78 is 26.0. The lowest BCUT2D eigenvalue weighted by molar-refractivity contribution is -0.147. The van der Waals surface area contributed by atoms with Crippen molar-refractivity contribution >= 4 is 25.7 Å². The first-order chi connectivity index (χ1) is 19.6. The Kier molecular flexibility index (Phi) is 23.2. The summed E-state index contributed by atoms with van der Waals surface area (Å²) in [6.07, 6.45) is 25.8. The minimum atomic E-state index is -4.72. The van der Waals surface area contributed by atoms with Crippen molar-refractivity contribution in [2.75, 3.05) is 19.8 Å². The van der Waals surface area contributed by atoms with Crippen LogP contribution < -0.4 is 5.32 Å². The van der Waals surface area contributed by atoms with E-state index in [0.29, 0.717) is 12.8 Å². The van der Waals surface area contributed by atoms with Crippen molar-refractivity contribution in [1.29, 1.82) is 0 Å². The molecule has 0 aromatic heterocycles. The number of aliphatic hydroxyl groups is 1. The quantitative estimate of drug-likeness (QED) is 0.0517. The van der Waals surface area contributed by atoms with Crippen LogP contribution in [0.5, 0.6) is 0 Å². The molecule has 0 aliphatic carbocycles. The smallest absolute Gasteiger partial charge is 0.472 e. The number of amides is 1. The molecule has 232 valence electrons. The van der Waals surface area contributed by atoms with Gasteiger partial charge in [0.05, 0.1) is 13.2 Å². The number of aliphatic carboxylic acids is 1. The van der Waals surface area contributed by atoms with E-state index in [-0.39, 0.29) is 12.8 Å². The number of aliphatic hydroxyl groups excluding tert-OH is 1. The Labute approximate surface area is 243 Å². The van der Waals surface area contributed by atoms with Gasteiger partial charge in [-0.1, -0.05) is 74.6 Å². The molecule has 4 N–H and O–H groups in total. The lowest BCUT2D eigenvalue weighted by Crippen LogP contribution is -2.43. The first-order valence-electron chi connectivity index (χ1n) is 13.8. The first-order valence-corrected chi connectivity index (χ1v) is 15.3. The number of esters is 1. The van der Waals surface area contributed by atoms with Gasteiger partial charge in [0.15, 0.2) is 6.04 Å². The molecule has 0 aromatic rings. The van der Waals surface area contributed by atoms with Crippen LogP contribution in [0.4, 0.5) is 0 Å². The summed E-state index contributed by atoms with van der Waals surface area (Å²) in [6.45, 7) is 1.66. The van der Waals surface area contributed by atoms with Crippen molar-refractivity contribution in [3.63, 3.8) is 0 Å². The fourth-order valence-electron chi connectivity index (χ4n) is 2.90. The zero-order valence-corrected chi connectivity index (χ0v) is 25.0. The molecule has 0 aliphatic heterocycles. The molecular weight excluding hydrogens is 553 g/mol. The topological polar surface area (TPSA) is 169 Å². The fourth-order valence-corrected chi connectivity index (χ4v) is 3.67. The summed E-state index contributed by atoms with van der Waals surface area (Å²) in [6, 6.07) is -1.55. The van der Waals surface area contributed by atoms with Crippen LogP contribution in [0.3, 0.4) is 0 Å². The van der Waals surface area contributed by atoms with Crippen molar-refractivity contribution < 1.29 is 47.8 Å². The maximum Gasteiger partial charge on any atom is 0.472 e. The lowest BCUT2D eigenvalue weighted by Gasteiger charge is -2.18. The maximum absolute atomic E-state index is 11.9. The number of hydrogen-bond acceptors (Lipinski definition) is 8. The second-order valence-electron chi connectivity index (χ2n) is 8.81. The number of carbonyl (C=O) groups is 3. The average Bonchev–Trinajstić information content (AvgIpc) is 2.94. The van der Waals surface area contributed by atoms with E-state index in [9.17, 15) is 28.9 Å². The molecule has 0 rings (SSSR count). The Morgan fingerprint density at radius 1 is 0.805 bits per heavy atom. The van der Waals surface area contributed by atoms with Crippen molar-refractivity contribution in [3.05, 3.63) is 60.8 Å². The molecule has 1 amide bonds. The van der Waals surface area contributed by atoms with Crippen molar-refractivity contribution in [2.24, 2.45) is 0 Å². The molecule has 0 fully saturated rings. The Morgan fingerprint density at radius 2 is 1.32 bits per heavy atom. The summed E-state index contributed by atoms with van der Waals surface area (Å²) in [7, 11) is -4.72. The highest BCUT2D eigenvalue weighted by atomic mass is 31.2. The Morgan fingerprint density at radius 3 is 1.83 bits per heavy atom. The number of allylic oxidation sites excluding steroid dienone is 10. The van der Waals surface area contributed by atoms with Crippen LogP contribution in [0, 0.1) is 0 Å². The van der Waals surface area contributed by atoms with E-state index in [1.54, 1.807) is 0 Å². The number of hydrogen-bond donors (Lipinski definition) is 4. The molecule has 0 saturated heterocycles. The van der Waals surface area contributed by atoms with Crippen LogP contribution in [0.2, 0.25) is 0 Å². The number of phosphoric ester groups is 1. The van der Waals surface area contributed by atoms with Crippen LogP contribution in [0.15, 0.2) is 60.8 Å². The number of phosphoric acid groups is 1. The van der Waals surface area contributed by atoms with E-state index in [1.165, 1.54) is 6.92 Å². The number of ether oxygens (including phenoxy) is 1. The third-order valence-corrected chi connectivity index (χ3v) is 6.09. The number of unbranched alkanes of at least 4 members (excludes halogenated alkanes) is 1. The van der Waals surface area contributed by atoms with Crippen LogP contribution >= 0.6 is 7.82 Å². The predicted octanol–water partition coefficient (Wildman–Crippen LogP) is 4.93. The van der Waals surface area contributed by atoms with E-state index in [2.05, 4.69) is 69.9 Å². The molecule has 0 saturated carbocycles. The van der Waals surface area contributed by atoms with Gasteiger partial charge in [0.25, 0.3) is 0 Å². The number of carboxylic acid groups (broad SMARTS) is 1. The highest BCUT2D eigenvalue weighted by Gasteiger charge is 2.28. The minimum absolute atomic E-state index is 0.0192. The number of nitrogens with one attached hydrogen (secondary N) is 1. The monoisotopic (exact) mass is 599 g/mol. The van der Waals surface area contributed by atoms with Gasteiger partial charge in [0, 0.05) is 12.8 Å². The van der Waals surface area contributed by atoms with E-state index in [0.717, 1.165) is 32.1 Å². The van der Waals surface area contributed by atoms with E-state index >= 15 is 0 Å².